The molecule has 0 radical (unpaired) electrons. The van der Waals surface area contributed by atoms with Crippen molar-refractivity contribution >= 4 is 35.8 Å². The smallest absolute Gasteiger partial charge is 0.212 e. The minimum absolute atomic E-state index is 0.186. The van der Waals surface area contributed by atoms with E-state index in [9.17, 15) is 16.8 Å². The monoisotopic (exact) mass is 321 g/mol. The second-order valence-electron chi connectivity index (χ2n) is 3.45. The number of hydrogen-bond acceptors (Lipinski definition) is 4. The molecule has 0 rings (SSSR count). The lowest BCUT2D eigenvalue weighted by Crippen LogP contribution is -2.36. The molecule has 92 valence electrons. The average molecular weight is 322 g/mol. The molecule has 0 aromatic carbocycles. The fourth-order valence-corrected chi connectivity index (χ4v) is 4.47. The molecule has 0 amide bonds. The van der Waals surface area contributed by atoms with Gasteiger partial charge in [-0.05, 0) is 13.3 Å². The largest absolute Gasteiger partial charge is 0.229 e. The lowest BCUT2D eigenvalue weighted by Gasteiger charge is -2.12. The first-order valence-corrected chi connectivity index (χ1v) is 9.23. The van der Waals surface area contributed by atoms with Crippen molar-refractivity contribution in [2.75, 3.05) is 23.1 Å². The summed E-state index contributed by atoms with van der Waals surface area (Å²) < 4.78 is 46.7. The molecule has 0 aliphatic heterocycles. The Kier molecular flexibility index (Phi) is 6.31. The lowest BCUT2D eigenvalue weighted by atomic mass is 10.3. The van der Waals surface area contributed by atoms with E-state index in [0.29, 0.717) is 11.8 Å². The summed E-state index contributed by atoms with van der Waals surface area (Å²) in [5, 5.41) is 0.697. The third kappa shape index (κ3) is 9.28. The number of halogens is 1. The van der Waals surface area contributed by atoms with Gasteiger partial charge in [0.25, 0.3) is 0 Å². The van der Waals surface area contributed by atoms with Gasteiger partial charge >= 0.3 is 0 Å². The molecule has 0 aliphatic rings. The molecule has 0 fully saturated rings. The van der Waals surface area contributed by atoms with Crippen LogP contribution >= 0.6 is 15.9 Å². The number of sulfonamides is 1. The highest BCUT2D eigenvalue weighted by Gasteiger charge is 2.16. The van der Waals surface area contributed by atoms with E-state index in [-0.39, 0.29) is 17.5 Å². The summed E-state index contributed by atoms with van der Waals surface area (Å²) in [5.41, 5.74) is 0. The Morgan fingerprint density at radius 3 is 2.13 bits per heavy atom. The number of rotatable bonds is 7. The van der Waals surface area contributed by atoms with Crippen molar-refractivity contribution in [3.63, 3.8) is 0 Å². The minimum atomic E-state index is -3.49. The average Bonchev–Trinajstić information content (AvgIpc) is 1.99. The van der Waals surface area contributed by atoms with Gasteiger partial charge in [-0.25, -0.2) is 21.6 Å². The van der Waals surface area contributed by atoms with E-state index in [1.807, 2.05) is 0 Å². The van der Waals surface area contributed by atoms with E-state index in [1.165, 1.54) is 0 Å². The Morgan fingerprint density at radius 2 is 1.73 bits per heavy atom. The molecule has 0 heterocycles. The predicted octanol–water partition coefficient (Wildman–Crippen LogP) is 0.124. The highest BCUT2D eigenvalue weighted by Crippen LogP contribution is 1.98. The highest BCUT2D eigenvalue weighted by molar-refractivity contribution is 9.09. The van der Waals surface area contributed by atoms with Gasteiger partial charge in [0, 0.05) is 17.6 Å². The minimum Gasteiger partial charge on any atom is -0.229 e. The van der Waals surface area contributed by atoms with Gasteiger partial charge in [0.15, 0.2) is 0 Å². The second-order valence-corrected chi connectivity index (χ2v) is 8.37. The molecule has 1 unspecified atom stereocenters. The van der Waals surface area contributed by atoms with E-state index in [4.69, 9.17) is 0 Å². The first-order chi connectivity index (χ1) is 6.66. The second kappa shape index (κ2) is 6.17. The van der Waals surface area contributed by atoms with Crippen LogP contribution in [-0.4, -0.2) is 46.0 Å². The van der Waals surface area contributed by atoms with Crippen molar-refractivity contribution < 1.29 is 16.8 Å². The maximum absolute atomic E-state index is 11.4. The van der Waals surface area contributed by atoms with Crippen LogP contribution in [-0.2, 0) is 19.9 Å². The van der Waals surface area contributed by atoms with Crippen molar-refractivity contribution in [2.24, 2.45) is 0 Å². The van der Waals surface area contributed by atoms with Crippen LogP contribution in [0.2, 0.25) is 0 Å². The Labute approximate surface area is 99.7 Å². The van der Waals surface area contributed by atoms with Crippen LogP contribution in [0.5, 0.6) is 0 Å². The highest BCUT2D eigenvalue weighted by atomic mass is 79.9. The Balaban J connectivity index is 4.21. The zero-order valence-electron chi connectivity index (χ0n) is 8.73. The summed E-state index contributed by atoms with van der Waals surface area (Å²) >= 11 is 3.20. The van der Waals surface area contributed by atoms with Crippen molar-refractivity contribution in [1.29, 1.82) is 0 Å². The molecular formula is C7H16BrNO4S2. The SMILES string of the molecule is CC(CCBr)NS(=O)(=O)CCS(C)(=O)=O. The van der Waals surface area contributed by atoms with Crippen LogP contribution in [0.15, 0.2) is 0 Å². The molecule has 0 saturated heterocycles. The van der Waals surface area contributed by atoms with Crippen LogP contribution < -0.4 is 4.72 Å². The fourth-order valence-electron chi connectivity index (χ4n) is 0.849. The third-order valence-corrected chi connectivity index (χ3v) is 4.81. The van der Waals surface area contributed by atoms with Crippen molar-refractivity contribution in [3.8, 4) is 0 Å². The van der Waals surface area contributed by atoms with Gasteiger partial charge in [-0.2, -0.15) is 0 Å². The van der Waals surface area contributed by atoms with Gasteiger partial charge < -0.3 is 0 Å². The van der Waals surface area contributed by atoms with Crippen molar-refractivity contribution in [1.82, 2.24) is 4.72 Å². The first-order valence-electron chi connectivity index (χ1n) is 4.40. The maximum Gasteiger partial charge on any atom is 0.212 e. The zero-order chi connectivity index (χ0) is 12.1. The summed E-state index contributed by atoms with van der Waals surface area (Å²) in [6, 6.07) is -0.186. The maximum atomic E-state index is 11.4. The standard InChI is InChI=1S/C7H16BrNO4S2/c1-7(3-4-8)9-15(12,13)6-5-14(2,10)11/h7,9H,3-6H2,1-2H3. The summed E-state index contributed by atoms with van der Waals surface area (Å²) in [4.78, 5) is 0. The Bertz CT molecular complexity index is 376. The quantitative estimate of drug-likeness (QED) is 0.675. The topological polar surface area (TPSA) is 80.3 Å². The van der Waals surface area contributed by atoms with E-state index in [2.05, 4.69) is 20.7 Å². The molecule has 5 nitrogen and oxygen atoms in total. The number of alkyl halides is 1. The molecule has 8 heteroatoms. The number of nitrogens with one attached hydrogen (secondary N) is 1. The third-order valence-electron chi connectivity index (χ3n) is 1.65. The van der Waals surface area contributed by atoms with E-state index >= 15 is 0 Å². The fraction of sp³-hybridized carbons (Fsp3) is 1.00. The van der Waals surface area contributed by atoms with E-state index < -0.39 is 19.9 Å². The van der Waals surface area contributed by atoms with Crippen LogP contribution in [0.25, 0.3) is 0 Å². The molecular weight excluding hydrogens is 306 g/mol. The molecule has 1 N–H and O–H groups in total. The van der Waals surface area contributed by atoms with Gasteiger partial charge in [-0.1, -0.05) is 15.9 Å². The van der Waals surface area contributed by atoms with Gasteiger partial charge in [-0.3, -0.25) is 0 Å². The van der Waals surface area contributed by atoms with Crippen molar-refractivity contribution in [2.45, 2.75) is 19.4 Å². The molecule has 0 bridgehead atoms. The summed E-state index contributed by atoms with van der Waals surface area (Å²) in [6.07, 6.45) is 1.68. The normalized spacial score (nSPS) is 15.1. The first kappa shape index (κ1) is 15.3. The van der Waals surface area contributed by atoms with Crippen LogP contribution in [0.1, 0.15) is 13.3 Å². The molecule has 1 atom stereocenters. The van der Waals surface area contributed by atoms with E-state index in [1.54, 1.807) is 6.92 Å². The molecule has 0 spiro atoms. The molecule has 15 heavy (non-hydrogen) atoms. The van der Waals surface area contributed by atoms with Crippen LogP contribution in [0.3, 0.4) is 0 Å². The molecule has 0 saturated carbocycles. The summed E-state index contributed by atoms with van der Waals surface area (Å²) in [5.74, 6) is -0.720. The summed E-state index contributed by atoms with van der Waals surface area (Å²) in [6.45, 7) is 1.74. The van der Waals surface area contributed by atoms with Crippen molar-refractivity contribution in [3.05, 3.63) is 0 Å². The molecule has 0 aromatic rings. The number of hydrogen-bond donors (Lipinski definition) is 1. The van der Waals surface area contributed by atoms with Crippen LogP contribution in [0, 0.1) is 0 Å². The predicted molar refractivity (Wildman–Crippen MR) is 64.5 cm³/mol. The van der Waals surface area contributed by atoms with Gasteiger partial charge in [-0.15, -0.1) is 0 Å². The van der Waals surface area contributed by atoms with Gasteiger partial charge in [0.05, 0.1) is 11.5 Å². The Hall–Kier alpha value is 0.340. The zero-order valence-corrected chi connectivity index (χ0v) is 12.0. The van der Waals surface area contributed by atoms with E-state index in [0.717, 1.165) is 6.26 Å². The molecule has 0 aromatic heterocycles. The van der Waals surface area contributed by atoms with Gasteiger partial charge in [0.1, 0.15) is 9.84 Å². The lowest BCUT2D eigenvalue weighted by molar-refractivity contribution is 0.557. The van der Waals surface area contributed by atoms with Crippen LogP contribution in [0.4, 0.5) is 0 Å². The summed E-state index contributed by atoms with van der Waals surface area (Å²) in [7, 11) is -6.72. The molecule has 0 aliphatic carbocycles. The Morgan fingerprint density at radius 1 is 1.20 bits per heavy atom. The van der Waals surface area contributed by atoms with Gasteiger partial charge in [0.2, 0.25) is 10.0 Å². The number of sulfone groups is 1.